The zero-order valence-corrected chi connectivity index (χ0v) is 14.9. The summed E-state index contributed by atoms with van der Waals surface area (Å²) >= 11 is 2.65. The van der Waals surface area contributed by atoms with Crippen LogP contribution in [-0.2, 0) is 14.3 Å². The van der Waals surface area contributed by atoms with Gasteiger partial charge < -0.3 is 10.1 Å². The normalized spacial score (nSPS) is 16.0. The molecular formula is C18H16FNO3S2. The van der Waals surface area contributed by atoms with Gasteiger partial charge in [0.2, 0.25) is 5.91 Å². The van der Waals surface area contributed by atoms with Crippen molar-refractivity contribution in [3.05, 3.63) is 54.3 Å². The SMILES string of the molecule is O=C(C[C@H]1Sc2ccccc2NC1=O)OCCSc1ccccc1F. The van der Waals surface area contributed by atoms with Gasteiger partial charge in [-0.15, -0.1) is 23.5 Å². The highest BCUT2D eigenvalue weighted by molar-refractivity contribution is 8.01. The zero-order valence-electron chi connectivity index (χ0n) is 13.2. The molecule has 2 aromatic rings. The van der Waals surface area contributed by atoms with Crippen molar-refractivity contribution < 1.29 is 18.7 Å². The number of para-hydroxylation sites is 1. The molecule has 0 radical (unpaired) electrons. The number of fused-ring (bicyclic) bond motifs is 1. The molecule has 0 aromatic heterocycles. The topological polar surface area (TPSA) is 55.4 Å². The smallest absolute Gasteiger partial charge is 0.307 e. The van der Waals surface area contributed by atoms with Crippen molar-refractivity contribution in [2.24, 2.45) is 0 Å². The van der Waals surface area contributed by atoms with Gasteiger partial charge in [0.25, 0.3) is 0 Å². The predicted molar refractivity (Wildman–Crippen MR) is 97.4 cm³/mol. The van der Waals surface area contributed by atoms with Gasteiger partial charge in [-0.25, -0.2) is 4.39 Å². The monoisotopic (exact) mass is 377 g/mol. The second-order valence-electron chi connectivity index (χ2n) is 5.30. The van der Waals surface area contributed by atoms with E-state index in [0.29, 0.717) is 10.6 Å². The summed E-state index contributed by atoms with van der Waals surface area (Å²) in [5, 5.41) is 2.30. The molecule has 1 aliphatic heterocycles. The van der Waals surface area contributed by atoms with E-state index < -0.39 is 11.2 Å². The molecule has 7 heteroatoms. The van der Waals surface area contributed by atoms with E-state index in [4.69, 9.17) is 4.74 Å². The van der Waals surface area contributed by atoms with Crippen LogP contribution >= 0.6 is 23.5 Å². The maximum Gasteiger partial charge on any atom is 0.307 e. The average molecular weight is 377 g/mol. The van der Waals surface area contributed by atoms with Gasteiger partial charge in [-0.05, 0) is 24.3 Å². The number of anilines is 1. The number of carbonyl (C=O) groups excluding carboxylic acids is 2. The number of halogens is 1. The van der Waals surface area contributed by atoms with Crippen molar-refractivity contribution >= 4 is 41.1 Å². The molecule has 2 aromatic carbocycles. The van der Waals surface area contributed by atoms with Crippen molar-refractivity contribution in [1.29, 1.82) is 0 Å². The fourth-order valence-corrected chi connectivity index (χ4v) is 4.17. The van der Waals surface area contributed by atoms with Crippen molar-refractivity contribution in [3.63, 3.8) is 0 Å². The Morgan fingerprint density at radius 3 is 2.80 bits per heavy atom. The van der Waals surface area contributed by atoms with Crippen LogP contribution in [0.3, 0.4) is 0 Å². The van der Waals surface area contributed by atoms with E-state index in [9.17, 15) is 14.0 Å². The van der Waals surface area contributed by atoms with Crippen LogP contribution in [0.15, 0.2) is 58.3 Å². The van der Waals surface area contributed by atoms with E-state index in [1.165, 1.54) is 29.6 Å². The molecule has 1 heterocycles. The van der Waals surface area contributed by atoms with Gasteiger partial charge in [0.05, 0.1) is 17.4 Å². The third-order valence-electron chi connectivity index (χ3n) is 3.50. The van der Waals surface area contributed by atoms with Crippen molar-refractivity contribution in [3.8, 4) is 0 Å². The lowest BCUT2D eigenvalue weighted by atomic mass is 10.2. The number of hydrogen-bond acceptors (Lipinski definition) is 5. The van der Waals surface area contributed by atoms with E-state index in [2.05, 4.69) is 5.32 Å². The minimum absolute atomic E-state index is 0.00913. The Morgan fingerprint density at radius 2 is 1.96 bits per heavy atom. The number of carbonyl (C=O) groups is 2. The van der Waals surface area contributed by atoms with E-state index in [1.54, 1.807) is 18.2 Å². The molecule has 4 nitrogen and oxygen atoms in total. The Bertz CT molecular complexity index is 784. The molecular weight excluding hydrogens is 361 g/mol. The van der Waals surface area contributed by atoms with Crippen LogP contribution in [0.4, 0.5) is 10.1 Å². The third kappa shape index (κ3) is 4.76. The zero-order chi connectivity index (χ0) is 17.6. The van der Waals surface area contributed by atoms with Gasteiger partial charge in [-0.3, -0.25) is 9.59 Å². The van der Waals surface area contributed by atoms with E-state index in [1.807, 2.05) is 24.3 Å². The number of amides is 1. The first-order valence-corrected chi connectivity index (χ1v) is 9.59. The third-order valence-corrected chi connectivity index (χ3v) is 5.79. The lowest BCUT2D eigenvalue weighted by Gasteiger charge is -2.23. The van der Waals surface area contributed by atoms with Crippen LogP contribution in [0.25, 0.3) is 0 Å². The average Bonchev–Trinajstić information content (AvgIpc) is 2.61. The van der Waals surface area contributed by atoms with Gasteiger partial charge in [0.15, 0.2) is 0 Å². The van der Waals surface area contributed by atoms with Crippen LogP contribution < -0.4 is 5.32 Å². The van der Waals surface area contributed by atoms with E-state index in [-0.39, 0.29) is 24.8 Å². The number of benzene rings is 2. The van der Waals surface area contributed by atoms with Crippen LogP contribution in [0.1, 0.15) is 6.42 Å². The summed E-state index contributed by atoms with van der Waals surface area (Å²) < 4.78 is 18.6. The molecule has 0 aliphatic carbocycles. The second kappa shape index (κ2) is 8.40. The van der Waals surface area contributed by atoms with Crippen molar-refractivity contribution in [1.82, 2.24) is 0 Å². The molecule has 1 N–H and O–H groups in total. The summed E-state index contributed by atoms with van der Waals surface area (Å²) in [6.45, 7) is 0.174. The molecule has 0 saturated heterocycles. The second-order valence-corrected chi connectivity index (χ2v) is 7.68. The standard InChI is InChI=1S/C18H16FNO3S2/c19-12-5-1-3-7-14(12)24-10-9-23-17(21)11-16-18(22)20-13-6-2-4-8-15(13)25-16/h1-8,16H,9-11H2,(H,20,22)/t16-/m1/s1. The van der Waals surface area contributed by atoms with Gasteiger partial charge >= 0.3 is 5.97 Å². The molecule has 1 amide bonds. The molecule has 0 fully saturated rings. The first-order valence-electron chi connectivity index (χ1n) is 7.73. The summed E-state index contributed by atoms with van der Waals surface area (Å²) in [4.78, 5) is 25.5. The van der Waals surface area contributed by atoms with Crippen LogP contribution in [0, 0.1) is 5.82 Å². The Balaban J connectivity index is 1.44. The summed E-state index contributed by atoms with van der Waals surface area (Å²) in [7, 11) is 0. The van der Waals surface area contributed by atoms with Crippen LogP contribution in [-0.4, -0.2) is 29.5 Å². The lowest BCUT2D eigenvalue weighted by Crippen LogP contribution is -2.31. The fourth-order valence-electron chi connectivity index (χ4n) is 2.31. The number of thioether (sulfide) groups is 2. The molecule has 0 spiro atoms. The molecule has 0 saturated carbocycles. The maximum atomic E-state index is 13.5. The number of rotatable bonds is 6. The Hall–Kier alpha value is -1.99. The highest BCUT2D eigenvalue weighted by Gasteiger charge is 2.29. The summed E-state index contributed by atoms with van der Waals surface area (Å²) in [5.74, 6) is -0.449. The minimum atomic E-state index is -0.498. The first kappa shape index (κ1) is 17.8. The molecule has 1 atom stereocenters. The lowest BCUT2D eigenvalue weighted by molar-refractivity contribution is -0.143. The molecule has 3 rings (SSSR count). The number of nitrogens with one attached hydrogen (secondary N) is 1. The molecule has 25 heavy (non-hydrogen) atoms. The quantitative estimate of drug-likeness (QED) is 0.469. The van der Waals surface area contributed by atoms with Gasteiger partial charge in [0.1, 0.15) is 12.4 Å². The van der Waals surface area contributed by atoms with E-state index >= 15 is 0 Å². The minimum Gasteiger partial charge on any atom is -0.465 e. The predicted octanol–water partition coefficient (Wildman–Crippen LogP) is 3.96. The van der Waals surface area contributed by atoms with Gasteiger partial charge in [-0.1, -0.05) is 24.3 Å². The van der Waals surface area contributed by atoms with Gasteiger partial charge in [0, 0.05) is 15.5 Å². The maximum absolute atomic E-state index is 13.5. The molecule has 1 aliphatic rings. The molecule has 0 bridgehead atoms. The molecule has 0 unspecified atom stereocenters. The first-order chi connectivity index (χ1) is 12.1. The number of esters is 1. The fraction of sp³-hybridized carbons (Fsp3) is 0.222. The van der Waals surface area contributed by atoms with Crippen molar-refractivity contribution in [2.75, 3.05) is 17.7 Å². The summed E-state index contributed by atoms with van der Waals surface area (Å²) in [6, 6.07) is 13.9. The largest absolute Gasteiger partial charge is 0.465 e. The summed E-state index contributed by atoms with van der Waals surface area (Å²) in [6.07, 6.45) is 0.00913. The van der Waals surface area contributed by atoms with E-state index in [0.717, 1.165) is 10.6 Å². The number of ether oxygens (including phenoxy) is 1. The van der Waals surface area contributed by atoms with Gasteiger partial charge in [-0.2, -0.15) is 0 Å². The van der Waals surface area contributed by atoms with Crippen LogP contribution in [0.5, 0.6) is 0 Å². The molecule has 130 valence electrons. The highest BCUT2D eigenvalue weighted by Crippen LogP contribution is 2.36. The Labute approximate surface area is 153 Å². The van der Waals surface area contributed by atoms with Crippen molar-refractivity contribution in [2.45, 2.75) is 21.5 Å². The van der Waals surface area contributed by atoms with Crippen LogP contribution in [0.2, 0.25) is 0 Å². The summed E-state index contributed by atoms with van der Waals surface area (Å²) in [5.41, 5.74) is 0.767. The highest BCUT2D eigenvalue weighted by atomic mass is 32.2. The Morgan fingerprint density at radius 1 is 1.20 bits per heavy atom. The number of hydrogen-bond donors (Lipinski definition) is 1. The Kier molecular flexibility index (Phi) is 5.99.